The second kappa shape index (κ2) is 9.53. The van der Waals surface area contributed by atoms with E-state index in [1.807, 2.05) is 10.9 Å². The first-order chi connectivity index (χ1) is 18.7. The minimum Gasteiger partial charge on any atom is -0.494 e. The number of carbonyl (C=O) groups is 1. The van der Waals surface area contributed by atoms with Crippen molar-refractivity contribution in [2.75, 3.05) is 13.7 Å². The molecule has 2 heterocycles. The van der Waals surface area contributed by atoms with Crippen molar-refractivity contribution in [2.45, 2.75) is 37.3 Å². The molecule has 0 bridgehead atoms. The van der Waals surface area contributed by atoms with E-state index in [-0.39, 0.29) is 23.7 Å². The van der Waals surface area contributed by atoms with Gasteiger partial charge in [0.05, 0.1) is 30.4 Å². The van der Waals surface area contributed by atoms with Crippen LogP contribution in [0.3, 0.4) is 0 Å². The Morgan fingerprint density at radius 3 is 2.59 bits per heavy atom. The van der Waals surface area contributed by atoms with Crippen LogP contribution in [0.25, 0.3) is 22.2 Å². The SMILES string of the molecule is COc1cc(C(=O)NC[C@](O)(c2ccc(F)c(-c3cc(Cl)c(F)cc3F)n2)C2CC2)cc2cn(C3CC3)nc12. The van der Waals surface area contributed by atoms with Crippen LogP contribution < -0.4 is 10.1 Å². The number of nitrogens with one attached hydrogen (secondary N) is 1. The van der Waals surface area contributed by atoms with E-state index in [9.17, 15) is 23.1 Å². The Balaban J connectivity index is 1.29. The standard InChI is InChI=1S/C28H24ClF3N4O3/c1-39-23-9-14(8-15-12-36(17-4-5-17)35-25(15)23)27(37)33-13-28(38,16-2-3-16)24-7-6-20(30)26(34-24)18-10-19(29)22(32)11-21(18)31/h6-12,16-17,38H,2-5,13H2,1H3,(H,33,37)/t28-/m1/s1. The van der Waals surface area contributed by atoms with Gasteiger partial charge in [-0.3, -0.25) is 9.48 Å². The topological polar surface area (TPSA) is 89.3 Å². The van der Waals surface area contributed by atoms with Crippen LogP contribution in [0.4, 0.5) is 13.2 Å². The predicted molar refractivity (Wildman–Crippen MR) is 138 cm³/mol. The van der Waals surface area contributed by atoms with Crippen molar-refractivity contribution in [1.82, 2.24) is 20.1 Å². The highest BCUT2D eigenvalue weighted by atomic mass is 35.5. The fourth-order valence-electron chi connectivity index (χ4n) is 4.83. The summed E-state index contributed by atoms with van der Waals surface area (Å²) in [6.07, 6.45) is 5.33. The van der Waals surface area contributed by atoms with Gasteiger partial charge in [-0.05, 0) is 61.9 Å². The number of hydrogen-bond acceptors (Lipinski definition) is 5. The van der Waals surface area contributed by atoms with Gasteiger partial charge in [0.2, 0.25) is 0 Å². The number of aromatic nitrogens is 3. The molecule has 2 fully saturated rings. The van der Waals surface area contributed by atoms with Gasteiger partial charge in [0.25, 0.3) is 5.91 Å². The number of hydrogen-bond donors (Lipinski definition) is 2. The summed E-state index contributed by atoms with van der Waals surface area (Å²) in [4.78, 5) is 17.4. The van der Waals surface area contributed by atoms with Gasteiger partial charge in [-0.15, -0.1) is 0 Å². The first-order valence-corrected chi connectivity index (χ1v) is 12.9. The maximum Gasteiger partial charge on any atom is 0.251 e. The number of ether oxygens (including phenoxy) is 1. The summed E-state index contributed by atoms with van der Waals surface area (Å²) in [6.45, 7) is -0.219. The zero-order valence-electron chi connectivity index (χ0n) is 20.8. The van der Waals surface area contributed by atoms with E-state index in [2.05, 4.69) is 15.4 Å². The highest BCUT2D eigenvalue weighted by molar-refractivity contribution is 6.31. The maximum absolute atomic E-state index is 14.7. The molecule has 6 rings (SSSR count). The number of carbonyl (C=O) groups excluding carboxylic acids is 1. The summed E-state index contributed by atoms with van der Waals surface area (Å²) in [5, 5.41) is 19.4. The van der Waals surface area contributed by atoms with Crippen LogP contribution in [0, 0.1) is 23.4 Å². The number of benzene rings is 2. The highest BCUT2D eigenvalue weighted by Crippen LogP contribution is 2.45. The minimum atomic E-state index is -1.65. The summed E-state index contributed by atoms with van der Waals surface area (Å²) < 4.78 is 50.3. The molecule has 0 aliphatic heterocycles. The third kappa shape index (κ3) is 4.72. The molecule has 0 saturated heterocycles. The van der Waals surface area contributed by atoms with Crippen molar-refractivity contribution in [1.29, 1.82) is 0 Å². The van der Waals surface area contributed by atoms with Crippen LogP contribution in [-0.2, 0) is 5.60 Å². The Kier molecular flexibility index (Phi) is 6.27. The van der Waals surface area contributed by atoms with Gasteiger partial charge >= 0.3 is 0 Å². The molecule has 11 heteroatoms. The van der Waals surface area contributed by atoms with Gasteiger partial charge in [0.15, 0.2) is 0 Å². The van der Waals surface area contributed by atoms with Crippen LogP contribution in [0.15, 0.2) is 42.6 Å². The number of rotatable bonds is 8. The monoisotopic (exact) mass is 556 g/mol. The summed E-state index contributed by atoms with van der Waals surface area (Å²) in [7, 11) is 1.51. The average Bonchev–Trinajstić information content (AvgIpc) is 3.86. The maximum atomic E-state index is 14.7. The molecule has 2 aromatic carbocycles. The van der Waals surface area contributed by atoms with Crippen LogP contribution in [0.2, 0.25) is 5.02 Å². The molecule has 0 spiro atoms. The smallest absolute Gasteiger partial charge is 0.251 e. The van der Waals surface area contributed by atoms with Crippen molar-refractivity contribution in [2.24, 2.45) is 5.92 Å². The number of methoxy groups -OCH3 is 1. The summed E-state index contributed by atoms with van der Waals surface area (Å²) in [5.41, 5.74) is -1.37. The lowest BCUT2D eigenvalue weighted by molar-refractivity contribution is 0.00949. The van der Waals surface area contributed by atoms with Gasteiger partial charge in [0.1, 0.15) is 40.0 Å². The largest absolute Gasteiger partial charge is 0.494 e. The quantitative estimate of drug-likeness (QED) is 0.278. The minimum absolute atomic E-state index is 0.0558. The summed E-state index contributed by atoms with van der Waals surface area (Å²) in [6, 6.07) is 7.53. The molecule has 1 atom stereocenters. The first-order valence-electron chi connectivity index (χ1n) is 12.6. The van der Waals surface area contributed by atoms with E-state index in [1.54, 1.807) is 12.1 Å². The average molecular weight is 557 g/mol. The van der Waals surface area contributed by atoms with Crippen LogP contribution in [0.1, 0.15) is 47.8 Å². The molecular formula is C28H24ClF3N4O3. The molecule has 2 aliphatic rings. The van der Waals surface area contributed by atoms with Crippen molar-refractivity contribution >= 4 is 28.4 Å². The van der Waals surface area contributed by atoms with E-state index < -0.39 is 39.7 Å². The lowest BCUT2D eigenvalue weighted by Crippen LogP contribution is -2.43. The number of amides is 1. The van der Waals surface area contributed by atoms with Gasteiger partial charge in [-0.2, -0.15) is 5.10 Å². The van der Waals surface area contributed by atoms with Gasteiger partial charge < -0.3 is 15.2 Å². The molecule has 0 unspecified atom stereocenters. The van der Waals surface area contributed by atoms with E-state index in [0.717, 1.165) is 30.4 Å². The third-order valence-corrected chi connectivity index (χ3v) is 7.61. The van der Waals surface area contributed by atoms with E-state index in [1.165, 1.54) is 13.2 Å². The van der Waals surface area contributed by atoms with E-state index in [4.69, 9.17) is 16.3 Å². The van der Waals surface area contributed by atoms with Crippen molar-refractivity contribution < 1.29 is 27.8 Å². The number of halogens is 4. The van der Waals surface area contributed by atoms with Gasteiger partial charge in [-0.1, -0.05) is 11.6 Å². The highest BCUT2D eigenvalue weighted by Gasteiger charge is 2.47. The fourth-order valence-corrected chi connectivity index (χ4v) is 5.00. The van der Waals surface area contributed by atoms with Crippen LogP contribution in [0.5, 0.6) is 5.75 Å². The number of aliphatic hydroxyl groups is 1. The number of fused-ring (bicyclic) bond motifs is 1. The van der Waals surface area contributed by atoms with E-state index >= 15 is 0 Å². The molecule has 7 nitrogen and oxygen atoms in total. The zero-order valence-corrected chi connectivity index (χ0v) is 21.6. The van der Waals surface area contributed by atoms with Crippen LogP contribution >= 0.6 is 11.6 Å². The molecule has 2 aromatic heterocycles. The zero-order chi connectivity index (χ0) is 27.5. The molecule has 0 radical (unpaired) electrons. The number of nitrogens with zero attached hydrogens (tertiary/aromatic N) is 3. The first kappa shape index (κ1) is 25.6. The molecule has 202 valence electrons. The summed E-state index contributed by atoms with van der Waals surface area (Å²) >= 11 is 5.80. The molecule has 2 aliphatic carbocycles. The van der Waals surface area contributed by atoms with E-state index in [0.29, 0.717) is 41.8 Å². The second-order valence-corrected chi connectivity index (χ2v) is 10.5. The lowest BCUT2D eigenvalue weighted by Gasteiger charge is -2.28. The Labute approximate surface area is 226 Å². The third-order valence-electron chi connectivity index (χ3n) is 7.32. The molecule has 2 N–H and O–H groups in total. The van der Waals surface area contributed by atoms with Gasteiger partial charge in [0, 0.05) is 28.8 Å². The van der Waals surface area contributed by atoms with Crippen molar-refractivity contribution in [3.05, 3.63) is 76.3 Å². The molecule has 4 aromatic rings. The Morgan fingerprint density at radius 2 is 1.90 bits per heavy atom. The molecule has 2 saturated carbocycles. The number of pyridine rings is 1. The second-order valence-electron chi connectivity index (χ2n) is 10.1. The fraction of sp³-hybridized carbons (Fsp3) is 0.321. The van der Waals surface area contributed by atoms with Crippen molar-refractivity contribution in [3.63, 3.8) is 0 Å². The Morgan fingerprint density at radius 1 is 1.13 bits per heavy atom. The van der Waals surface area contributed by atoms with Crippen LogP contribution in [-0.4, -0.2) is 39.4 Å². The predicted octanol–water partition coefficient (Wildman–Crippen LogP) is 5.54. The molecule has 39 heavy (non-hydrogen) atoms. The Bertz CT molecular complexity index is 1620. The Hall–Kier alpha value is -3.63. The summed E-state index contributed by atoms with van der Waals surface area (Å²) in [5.74, 6) is -3.14. The lowest BCUT2D eigenvalue weighted by atomic mass is 9.92. The van der Waals surface area contributed by atoms with Crippen molar-refractivity contribution in [3.8, 4) is 17.0 Å². The molecular weight excluding hydrogens is 533 g/mol. The van der Waals surface area contributed by atoms with Gasteiger partial charge in [-0.25, -0.2) is 18.2 Å². The molecule has 1 amide bonds. The normalized spacial score (nSPS) is 16.8.